The van der Waals surface area contributed by atoms with Gasteiger partial charge in [0.25, 0.3) is 10.0 Å². The molecule has 9 heteroatoms. The summed E-state index contributed by atoms with van der Waals surface area (Å²) in [4.78, 5) is 3.75. The summed E-state index contributed by atoms with van der Waals surface area (Å²) in [5, 5.41) is 0. The van der Waals surface area contributed by atoms with Gasteiger partial charge in [-0.15, -0.1) is 0 Å². The summed E-state index contributed by atoms with van der Waals surface area (Å²) in [5.41, 5.74) is 2.93. The molecule has 8 nitrogen and oxygen atoms in total. The summed E-state index contributed by atoms with van der Waals surface area (Å²) in [6, 6.07) is 6.22. The number of benzene rings is 1. The summed E-state index contributed by atoms with van der Waals surface area (Å²) in [7, 11) is -3.82. The molecule has 4 N–H and O–H groups in total. The lowest BCUT2D eigenvalue weighted by Crippen LogP contribution is -2.17. The van der Waals surface area contributed by atoms with Crippen LogP contribution in [0.15, 0.2) is 41.6 Å². The average Bonchev–Trinajstić information content (AvgIpc) is 2.94. The summed E-state index contributed by atoms with van der Waals surface area (Å²) in [6.07, 6.45) is 2.65. The monoisotopic (exact) mass is 308 g/mol. The van der Waals surface area contributed by atoms with Crippen molar-refractivity contribution in [1.29, 1.82) is 0 Å². The number of aromatic nitrogens is 1. The number of rotatable bonds is 4. The number of anilines is 2. The lowest BCUT2D eigenvalue weighted by atomic mass is 10.3. The van der Waals surface area contributed by atoms with Crippen LogP contribution in [-0.2, 0) is 10.0 Å². The molecule has 1 aliphatic heterocycles. The van der Waals surface area contributed by atoms with Gasteiger partial charge in [0.15, 0.2) is 11.5 Å². The summed E-state index contributed by atoms with van der Waals surface area (Å²) in [5.74, 6) is 6.37. The van der Waals surface area contributed by atoms with Crippen LogP contribution in [0.5, 0.6) is 11.5 Å². The number of nitrogens with one attached hydrogen (secondary N) is 2. The van der Waals surface area contributed by atoms with Crippen molar-refractivity contribution in [3.63, 3.8) is 0 Å². The van der Waals surface area contributed by atoms with Gasteiger partial charge in [0, 0.05) is 18.5 Å². The van der Waals surface area contributed by atoms with Gasteiger partial charge in [0.1, 0.15) is 4.90 Å². The maximum absolute atomic E-state index is 12.4. The maximum atomic E-state index is 12.4. The minimum Gasteiger partial charge on any atom is -0.454 e. The Morgan fingerprint density at radius 2 is 2.00 bits per heavy atom. The van der Waals surface area contributed by atoms with Crippen LogP contribution in [0.4, 0.5) is 11.4 Å². The highest BCUT2D eigenvalue weighted by atomic mass is 32.2. The van der Waals surface area contributed by atoms with Gasteiger partial charge in [-0.3, -0.25) is 15.5 Å². The molecule has 0 radical (unpaired) electrons. The Balaban J connectivity index is 1.93. The van der Waals surface area contributed by atoms with Crippen molar-refractivity contribution in [2.24, 2.45) is 5.84 Å². The molecule has 0 bridgehead atoms. The predicted octanol–water partition coefficient (Wildman–Crippen LogP) is 0.897. The fourth-order valence-corrected chi connectivity index (χ4v) is 3.05. The first-order valence-corrected chi connectivity index (χ1v) is 7.41. The van der Waals surface area contributed by atoms with E-state index in [1.54, 1.807) is 18.2 Å². The van der Waals surface area contributed by atoms with Crippen molar-refractivity contribution in [2.45, 2.75) is 4.90 Å². The molecule has 21 heavy (non-hydrogen) atoms. The molecule has 0 amide bonds. The zero-order valence-corrected chi connectivity index (χ0v) is 11.6. The Hall–Kier alpha value is -2.52. The van der Waals surface area contributed by atoms with Crippen molar-refractivity contribution in [3.05, 3.63) is 36.7 Å². The van der Waals surface area contributed by atoms with E-state index in [0.717, 1.165) is 0 Å². The maximum Gasteiger partial charge on any atom is 0.265 e. The van der Waals surface area contributed by atoms with Crippen molar-refractivity contribution in [1.82, 2.24) is 4.98 Å². The number of ether oxygens (including phenoxy) is 2. The topological polar surface area (TPSA) is 116 Å². The van der Waals surface area contributed by atoms with Crippen LogP contribution in [0.3, 0.4) is 0 Å². The number of hydrogen-bond donors (Lipinski definition) is 3. The van der Waals surface area contributed by atoms with Crippen molar-refractivity contribution < 1.29 is 17.9 Å². The summed E-state index contributed by atoms with van der Waals surface area (Å²) in [6.45, 7) is 0.120. The lowest BCUT2D eigenvalue weighted by Gasteiger charge is -2.11. The number of nitrogens with zero attached hydrogens (tertiary/aromatic N) is 1. The van der Waals surface area contributed by atoms with Crippen LogP contribution < -0.4 is 25.5 Å². The van der Waals surface area contributed by atoms with Crippen molar-refractivity contribution >= 4 is 21.4 Å². The number of pyridine rings is 1. The van der Waals surface area contributed by atoms with Crippen LogP contribution in [0.25, 0.3) is 0 Å². The highest BCUT2D eigenvalue weighted by Gasteiger charge is 2.20. The highest BCUT2D eigenvalue weighted by molar-refractivity contribution is 7.92. The second kappa shape index (κ2) is 5.11. The number of sulfonamides is 1. The van der Waals surface area contributed by atoms with Crippen LogP contribution in [0.2, 0.25) is 0 Å². The zero-order chi connectivity index (χ0) is 14.9. The van der Waals surface area contributed by atoms with E-state index in [1.807, 2.05) is 0 Å². The minimum absolute atomic E-state index is 0.0508. The molecule has 2 aromatic rings. The van der Waals surface area contributed by atoms with Gasteiger partial charge in [-0.2, -0.15) is 0 Å². The molecule has 0 saturated carbocycles. The predicted molar refractivity (Wildman–Crippen MR) is 75.4 cm³/mol. The molecule has 2 heterocycles. The molecule has 0 aliphatic carbocycles. The van der Waals surface area contributed by atoms with E-state index in [-0.39, 0.29) is 17.4 Å². The zero-order valence-electron chi connectivity index (χ0n) is 10.7. The molecule has 0 fully saturated rings. The van der Waals surface area contributed by atoms with Crippen LogP contribution in [-0.4, -0.2) is 20.2 Å². The standard InChI is InChI=1S/C12H12N4O4S/c13-15-9-3-4-14-6-12(9)21(17,18)16-8-1-2-10-11(5-8)20-7-19-10/h1-6,16H,7,13H2,(H,14,15). The SMILES string of the molecule is NNc1ccncc1S(=O)(=O)Nc1ccc2c(c1)OCO2. The number of fused-ring (bicyclic) bond motifs is 1. The van der Waals surface area contributed by atoms with Crippen molar-refractivity contribution in [3.8, 4) is 11.5 Å². The molecule has 0 saturated heterocycles. The molecular formula is C12H12N4O4S. The van der Waals surface area contributed by atoms with E-state index in [2.05, 4.69) is 15.1 Å². The molecule has 110 valence electrons. The normalized spacial score (nSPS) is 13.0. The number of nitrogens with two attached hydrogens (primary N) is 1. The smallest absolute Gasteiger partial charge is 0.265 e. The Labute approximate surface area is 120 Å². The minimum atomic E-state index is -3.82. The third kappa shape index (κ3) is 2.56. The molecule has 1 aromatic carbocycles. The second-order valence-electron chi connectivity index (χ2n) is 4.19. The van der Waals surface area contributed by atoms with E-state index in [0.29, 0.717) is 17.2 Å². The van der Waals surface area contributed by atoms with Gasteiger partial charge in [-0.1, -0.05) is 0 Å². The van der Waals surface area contributed by atoms with E-state index >= 15 is 0 Å². The molecule has 0 spiro atoms. The van der Waals surface area contributed by atoms with Gasteiger partial charge in [0.2, 0.25) is 6.79 Å². The molecular weight excluding hydrogens is 296 g/mol. The highest BCUT2D eigenvalue weighted by Crippen LogP contribution is 2.35. The number of hydrogen-bond acceptors (Lipinski definition) is 7. The first-order valence-electron chi connectivity index (χ1n) is 5.93. The lowest BCUT2D eigenvalue weighted by molar-refractivity contribution is 0.174. The fourth-order valence-electron chi connectivity index (χ4n) is 1.88. The molecule has 0 atom stereocenters. The van der Waals surface area contributed by atoms with E-state index in [4.69, 9.17) is 15.3 Å². The third-order valence-corrected chi connectivity index (χ3v) is 4.26. The Morgan fingerprint density at radius 1 is 1.19 bits per heavy atom. The van der Waals surface area contributed by atoms with E-state index in [9.17, 15) is 8.42 Å². The average molecular weight is 308 g/mol. The fraction of sp³-hybridized carbons (Fsp3) is 0.0833. The molecule has 3 rings (SSSR count). The first-order chi connectivity index (χ1) is 10.1. The van der Waals surface area contributed by atoms with E-state index < -0.39 is 10.0 Å². The van der Waals surface area contributed by atoms with Gasteiger partial charge in [0.05, 0.1) is 11.4 Å². The van der Waals surface area contributed by atoms with Crippen molar-refractivity contribution in [2.75, 3.05) is 16.9 Å². The van der Waals surface area contributed by atoms with Gasteiger partial charge >= 0.3 is 0 Å². The summed E-state index contributed by atoms with van der Waals surface area (Å²) < 4.78 is 37.5. The Bertz CT molecular complexity index is 779. The quantitative estimate of drug-likeness (QED) is 0.567. The van der Waals surface area contributed by atoms with Crippen LogP contribution in [0, 0.1) is 0 Å². The van der Waals surface area contributed by atoms with Crippen LogP contribution in [0.1, 0.15) is 0 Å². The first kappa shape index (κ1) is 13.5. The molecule has 0 unspecified atom stereocenters. The Morgan fingerprint density at radius 3 is 2.81 bits per heavy atom. The van der Waals surface area contributed by atoms with E-state index in [1.165, 1.54) is 18.5 Å². The third-order valence-electron chi connectivity index (χ3n) is 2.85. The number of nitrogen functional groups attached to an aromatic ring is 1. The summed E-state index contributed by atoms with van der Waals surface area (Å²) >= 11 is 0. The van der Waals surface area contributed by atoms with Gasteiger partial charge in [-0.05, 0) is 18.2 Å². The second-order valence-corrected chi connectivity index (χ2v) is 5.84. The van der Waals surface area contributed by atoms with Crippen LogP contribution >= 0.6 is 0 Å². The largest absolute Gasteiger partial charge is 0.454 e. The van der Waals surface area contributed by atoms with Gasteiger partial charge in [-0.25, -0.2) is 8.42 Å². The molecule has 1 aromatic heterocycles. The molecule has 1 aliphatic rings. The van der Waals surface area contributed by atoms with Gasteiger partial charge < -0.3 is 14.9 Å². The number of hydrazine groups is 1. The Kier molecular flexibility index (Phi) is 3.28.